The van der Waals surface area contributed by atoms with E-state index in [4.69, 9.17) is 9.47 Å². The van der Waals surface area contributed by atoms with E-state index in [-0.39, 0.29) is 12.5 Å². The highest BCUT2D eigenvalue weighted by molar-refractivity contribution is 7.92. The normalized spacial score (nSPS) is 12.7. The maximum Gasteiger partial charge on any atom is 0.245 e. The number of sulfonamides is 1. The van der Waals surface area contributed by atoms with Crippen molar-refractivity contribution in [3.8, 4) is 11.5 Å². The maximum absolute atomic E-state index is 13.9. The third kappa shape index (κ3) is 3.82. The Labute approximate surface area is 144 Å². The zero-order chi connectivity index (χ0) is 18.0. The first kappa shape index (κ1) is 17.0. The summed E-state index contributed by atoms with van der Waals surface area (Å²) in [4.78, 5) is 12.2. The topological polar surface area (TPSA) is 84.9 Å². The molecule has 0 saturated heterocycles. The van der Waals surface area contributed by atoms with Crippen molar-refractivity contribution in [2.45, 2.75) is 0 Å². The fourth-order valence-corrected chi connectivity index (χ4v) is 3.20. The van der Waals surface area contributed by atoms with Gasteiger partial charge in [0.15, 0.2) is 11.5 Å². The molecule has 0 fully saturated rings. The lowest BCUT2D eigenvalue weighted by molar-refractivity contribution is -0.114. The van der Waals surface area contributed by atoms with Gasteiger partial charge in [0.05, 0.1) is 11.9 Å². The van der Waals surface area contributed by atoms with Crippen molar-refractivity contribution in [2.24, 2.45) is 0 Å². The molecule has 1 aliphatic heterocycles. The minimum atomic E-state index is -3.85. The number of hydrogen-bond acceptors (Lipinski definition) is 5. The van der Waals surface area contributed by atoms with Crippen LogP contribution in [0, 0.1) is 5.82 Å². The maximum atomic E-state index is 13.9. The number of rotatable bonds is 5. The van der Waals surface area contributed by atoms with Gasteiger partial charge in [0.2, 0.25) is 22.7 Å². The van der Waals surface area contributed by atoms with Gasteiger partial charge in [-0.1, -0.05) is 12.1 Å². The number of halogens is 1. The molecule has 3 rings (SSSR count). The summed E-state index contributed by atoms with van der Waals surface area (Å²) >= 11 is 0. The van der Waals surface area contributed by atoms with Gasteiger partial charge in [-0.25, -0.2) is 12.8 Å². The summed E-state index contributed by atoms with van der Waals surface area (Å²) in [6, 6.07) is 10.1. The van der Waals surface area contributed by atoms with Crippen molar-refractivity contribution in [1.82, 2.24) is 0 Å². The second-order valence-electron chi connectivity index (χ2n) is 5.34. The third-order valence-electron chi connectivity index (χ3n) is 3.47. The number of anilines is 2. The highest BCUT2D eigenvalue weighted by atomic mass is 32.2. The average molecular weight is 366 g/mol. The van der Waals surface area contributed by atoms with Crippen LogP contribution < -0.4 is 19.1 Å². The molecule has 25 heavy (non-hydrogen) atoms. The number of para-hydroxylation sites is 1. The summed E-state index contributed by atoms with van der Waals surface area (Å²) in [5.74, 6) is -0.315. The van der Waals surface area contributed by atoms with Gasteiger partial charge < -0.3 is 14.8 Å². The number of hydrogen-bond donors (Lipinski definition) is 1. The summed E-state index contributed by atoms with van der Waals surface area (Å²) in [6.07, 6.45) is 0.910. The SMILES string of the molecule is CS(=O)(=O)N(CC(=O)Nc1ccc2c(c1)OCO2)c1ccccc1F. The fourth-order valence-electron chi connectivity index (χ4n) is 2.34. The molecular formula is C16H15FN2O5S. The van der Waals surface area contributed by atoms with Gasteiger partial charge in [-0.3, -0.25) is 9.10 Å². The molecule has 9 heteroatoms. The molecule has 132 valence electrons. The van der Waals surface area contributed by atoms with E-state index in [1.54, 1.807) is 18.2 Å². The smallest absolute Gasteiger partial charge is 0.245 e. The number of nitrogens with zero attached hydrogens (tertiary/aromatic N) is 1. The molecule has 1 heterocycles. The van der Waals surface area contributed by atoms with Gasteiger partial charge in [-0.2, -0.15) is 0 Å². The van der Waals surface area contributed by atoms with Crippen LogP contribution in [0.25, 0.3) is 0 Å². The number of nitrogens with one attached hydrogen (secondary N) is 1. The van der Waals surface area contributed by atoms with Crippen molar-refractivity contribution in [2.75, 3.05) is 29.2 Å². The summed E-state index contributed by atoms with van der Waals surface area (Å²) in [6.45, 7) is -0.462. The van der Waals surface area contributed by atoms with Crippen molar-refractivity contribution < 1.29 is 27.1 Å². The van der Waals surface area contributed by atoms with E-state index in [1.165, 1.54) is 18.2 Å². The van der Waals surface area contributed by atoms with Crippen LogP contribution in [0.15, 0.2) is 42.5 Å². The second kappa shape index (κ2) is 6.60. The molecule has 7 nitrogen and oxygen atoms in total. The minimum Gasteiger partial charge on any atom is -0.454 e. The Bertz CT molecular complexity index is 916. The molecule has 0 spiro atoms. The predicted molar refractivity (Wildman–Crippen MR) is 89.8 cm³/mol. The van der Waals surface area contributed by atoms with Gasteiger partial charge in [0, 0.05) is 11.8 Å². The molecule has 1 N–H and O–H groups in total. The first-order valence-electron chi connectivity index (χ1n) is 7.26. The van der Waals surface area contributed by atoms with Gasteiger partial charge >= 0.3 is 0 Å². The molecule has 0 atom stereocenters. The van der Waals surface area contributed by atoms with Crippen LogP contribution in [0.5, 0.6) is 11.5 Å². The molecule has 0 unspecified atom stereocenters. The number of carbonyl (C=O) groups is 1. The molecule has 1 amide bonds. The quantitative estimate of drug-likeness (QED) is 0.874. The molecule has 2 aromatic rings. The molecular weight excluding hydrogens is 351 g/mol. The van der Waals surface area contributed by atoms with Crippen LogP contribution in [-0.4, -0.2) is 33.9 Å². The third-order valence-corrected chi connectivity index (χ3v) is 4.59. The predicted octanol–water partition coefficient (Wildman–Crippen LogP) is 1.96. The van der Waals surface area contributed by atoms with Crippen LogP contribution in [0.2, 0.25) is 0 Å². The molecule has 0 aromatic heterocycles. The monoisotopic (exact) mass is 366 g/mol. The van der Waals surface area contributed by atoms with Crippen LogP contribution in [-0.2, 0) is 14.8 Å². The lowest BCUT2D eigenvalue weighted by atomic mass is 10.2. The van der Waals surface area contributed by atoms with Crippen molar-refractivity contribution >= 4 is 27.3 Å². The number of amides is 1. The number of fused-ring (bicyclic) bond motifs is 1. The largest absolute Gasteiger partial charge is 0.454 e. The van der Waals surface area contributed by atoms with E-state index in [1.807, 2.05) is 0 Å². The molecule has 1 aliphatic rings. The molecule has 0 aliphatic carbocycles. The standard InChI is InChI=1S/C16H15FN2O5S/c1-25(21,22)19(13-5-3-2-4-12(13)17)9-16(20)18-11-6-7-14-15(8-11)24-10-23-14/h2-8H,9-10H2,1H3,(H,18,20). The lowest BCUT2D eigenvalue weighted by Crippen LogP contribution is -2.38. The van der Waals surface area contributed by atoms with Gasteiger partial charge in [-0.15, -0.1) is 0 Å². The first-order chi connectivity index (χ1) is 11.8. The Kier molecular flexibility index (Phi) is 4.49. The zero-order valence-electron chi connectivity index (χ0n) is 13.2. The van der Waals surface area contributed by atoms with Crippen LogP contribution in [0.4, 0.5) is 15.8 Å². The molecule has 0 saturated carbocycles. The first-order valence-corrected chi connectivity index (χ1v) is 9.11. The number of ether oxygens (including phenoxy) is 2. The highest BCUT2D eigenvalue weighted by Gasteiger charge is 2.24. The van der Waals surface area contributed by atoms with Gasteiger partial charge in [0.25, 0.3) is 0 Å². The van der Waals surface area contributed by atoms with Crippen LogP contribution in [0.3, 0.4) is 0 Å². The summed E-state index contributed by atoms with van der Waals surface area (Å²) in [5.41, 5.74) is 0.224. The highest BCUT2D eigenvalue weighted by Crippen LogP contribution is 2.34. The van der Waals surface area contributed by atoms with Crippen LogP contribution in [0.1, 0.15) is 0 Å². The fraction of sp³-hybridized carbons (Fsp3) is 0.188. The minimum absolute atomic E-state index is 0.0991. The summed E-state index contributed by atoms with van der Waals surface area (Å²) in [7, 11) is -3.85. The summed E-state index contributed by atoms with van der Waals surface area (Å²) in [5, 5.41) is 2.56. The number of benzene rings is 2. The van der Waals surface area contributed by atoms with E-state index >= 15 is 0 Å². The molecule has 0 bridgehead atoms. The molecule has 2 aromatic carbocycles. The van der Waals surface area contributed by atoms with Crippen LogP contribution >= 0.6 is 0 Å². The lowest BCUT2D eigenvalue weighted by Gasteiger charge is -2.22. The van der Waals surface area contributed by atoms with Gasteiger partial charge in [-0.05, 0) is 24.3 Å². The van der Waals surface area contributed by atoms with Crippen molar-refractivity contribution in [3.63, 3.8) is 0 Å². The Morgan fingerprint density at radius 3 is 2.64 bits per heavy atom. The van der Waals surface area contributed by atoms with E-state index in [0.717, 1.165) is 12.3 Å². The van der Waals surface area contributed by atoms with E-state index in [9.17, 15) is 17.6 Å². The number of carbonyl (C=O) groups excluding carboxylic acids is 1. The Morgan fingerprint density at radius 1 is 1.20 bits per heavy atom. The zero-order valence-corrected chi connectivity index (χ0v) is 14.0. The summed E-state index contributed by atoms with van der Waals surface area (Å²) < 4.78 is 49.0. The second-order valence-corrected chi connectivity index (χ2v) is 7.24. The Balaban J connectivity index is 1.78. The molecule has 0 radical (unpaired) electrons. The van der Waals surface area contributed by atoms with Crippen molar-refractivity contribution in [3.05, 3.63) is 48.3 Å². The Hall–Kier alpha value is -2.81. The van der Waals surface area contributed by atoms with E-state index in [2.05, 4.69) is 5.32 Å². The average Bonchev–Trinajstić information content (AvgIpc) is 3.00. The van der Waals surface area contributed by atoms with E-state index < -0.39 is 28.3 Å². The van der Waals surface area contributed by atoms with Gasteiger partial charge in [0.1, 0.15) is 12.4 Å². The van der Waals surface area contributed by atoms with E-state index in [0.29, 0.717) is 21.5 Å². The van der Waals surface area contributed by atoms with Crippen molar-refractivity contribution in [1.29, 1.82) is 0 Å². The Morgan fingerprint density at radius 2 is 1.92 bits per heavy atom.